The van der Waals surface area contributed by atoms with E-state index < -0.39 is 0 Å². The van der Waals surface area contributed by atoms with Crippen LogP contribution in [0.15, 0.2) is 21.2 Å². The lowest BCUT2D eigenvalue weighted by Gasteiger charge is -2.12. The maximum Gasteiger partial charge on any atom is 0.293 e. The molecule has 0 saturated heterocycles. The summed E-state index contributed by atoms with van der Waals surface area (Å²) in [6, 6.07) is 3.59. The summed E-state index contributed by atoms with van der Waals surface area (Å²) in [6.07, 6.45) is 0. The van der Waals surface area contributed by atoms with Gasteiger partial charge in [-0.05, 0) is 35.0 Å². The molecule has 0 fully saturated rings. The van der Waals surface area contributed by atoms with Gasteiger partial charge in [-0.1, -0.05) is 0 Å². The fourth-order valence-electron chi connectivity index (χ4n) is 1.35. The van der Waals surface area contributed by atoms with Crippen molar-refractivity contribution in [1.82, 2.24) is 20.1 Å². The van der Waals surface area contributed by atoms with Gasteiger partial charge in [-0.3, -0.25) is 9.89 Å². The fourth-order valence-corrected chi connectivity index (χ4v) is 1.69. The Balaban J connectivity index is 2.05. The first-order valence-electron chi connectivity index (χ1n) is 4.95. The van der Waals surface area contributed by atoms with E-state index in [-0.39, 0.29) is 11.7 Å². The maximum atomic E-state index is 11.9. The minimum atomic E-state index is -0.248. The van der Waals surface area contributed by atoms with Crippen LogP contribution in [0.1, 0.15) is 22.2 Å². The van der Waals surface area contributed by atoms with Crippen LogP contribution in [0.2, 0.25) is 0 Å². The number of H-pyrrole nitrogens is 1. The molecule has 6 nitrogen and oxygen atoms in total. The average Bonchev–Trinajstić information content (AvgIpc) is 2.87. The minimum absolute atomic E-state index is 0.163. The van der Waals surface area contributed by atoms with Gasteiger partial charge in [-0.2, -0.15) is 0 Å². The van der Waals surface area contributed by atoms with Crippen LogP contribution in [0.5, 0.6) is 0 Å². The molecule has 2 aromatic rings. The molecule has 2 aromatic heterocycles. The van der Waals surface area contributed by atoms with Crippen molar-refractivity contribution < 1.29 is 9.21 Å². The van der Waals surface area contributed by atoms with Crippen LogP contribution in [0, 0.1) is 6.92 Å². The third-order valence-corrected chi connectivity index (χ3v) is 2.58. The van der Waals surface area contributed by atoms with E-state index in [2.05, 4.69) is 31.1 Å². The van der Waals surface area contributed by atoms with Crippen LogP contribution < -0.4 is 0 Å². The van der Waals surface area contributed by atoms with Crippen molar-refractivity contribution in [2.24, 2.45) is 0 Å². The van der Waals surface area contributed by atoms with Crippen molar-refractivity contribution in [1.29, 1.82) is 0 Å². The lowest BCUT2D eigenvalue weighted by molar-refractivity contribution is 0.0763. The van der Waals surface area contributed by atoms with Gasteiger partial charge in [0.2, 0.25) is 5.82 Å². The largest absolute Gasteiger partial charge is 0.452 e. The number of hydrogen-bond acceptors (Lipinski definition) is 4. The molecule has 0 aliphatic heterocycles. The van der Waals surface area contributed by atoms with Gasteiger partial charge in [0, 0.05) is 7.05 Å². The number of furan rings is 1. The maximum absolute atomic E-state index is 11.9. The number of carbonyl (C=O) groups excluding carboxylic acids is 1. The van der Waals surface area contributed by atoms with Crippen LogP contribution in [0.25, 0.3) is 0 Å². The molecule has 2 rings (SSSR count). The van der Waals surface area contributed by atoms with Crippen molar-refractivity contribution in [3.05, 3.63) is 34.2 Å². The monoisotopic (exact) mass is 298 g/mol. The first-order chi connectivity index (χ1) is 8.06. The SMILES string of the molecule is Cc1nc(C(=O)N(C)Cc2ccc(Br)o2)n[nH]1. The molecule has 0 bridgehead atoms. The highest BCUT2D eigenvalue weighted by Crippen LogP contribution is 2.15. The standard InChI is InChI=1S/C10H11BrN4O2/c1-6-12-9(14-13-6)10(16)15(2)5-7-3-4-8(11)17-7/h3-4H,5H2,1-2H3,(H,12,13,14). The fraction of sp³-hybridized carbons (Fsp3) is 0.300. The highest BCUT2D eigenvalue weighted by atomic mass is 79.9. The molecule has 2 heterocycles. The van der Waals surface area contributed by atoms with Crippen molar-refractivity contribution in [3.63, 3.8) is 0 Å². The molecule has 1 N–H and O–H groups in total. The van der Waals surface area contributed by atoms with E-state index in [4.69, 9.17) is 4.42 Å². The summed E-state index contributed by atoms with van der Waals surface area (Å²) < 4.78 is 5.96. The number of nitrogens with zero attached hydrogens (tertiary/aromatic N) is 3. The van der Waals surface area contributed by atoms with Crippen molar-refractivity contribution in [2.45, 2.75) is 13.5 Å². The van der Waals surface area contributed by atoms with Gasteiger partial charge >= 0.3 is 0 Å². The molecule has 7 heteroatoms. The normalized spacial score (nSPS) is 10.5. The number of nitrogens with one attached hydrogen (secondary N) is 1. The summed E-state index contributed by atoms with van der Waals surface area (Å²) >= 11 is 3.21. The van der Waals surface area contributed by atoms with Gasteiger partial charge in [-0.15, -0.1) is 5.10 Å². The number of carbonyl (C=O) groups is 1. The number of aromatic amines is 1. The zero-order valence-electron chi connectivity index (χ0n) is 9.40. The quantitative estimate of drug-likeness (QED) is 0.936. The summed E-state index contributed by atoms with van der Waals surface area (Å²) in [5, 5.41) is 6.45. The Bertz CT molecular complexity index is 534. The Morgan fingerprint density at radius 1 is 1.59 bits per heavy atom. The molecule has 0 aromatic carbocycles. The Kier molecular flexibility index (Phi) is 3.28. The molecular weight excluding hydrogens is 288 g/mol. The first kappa shape index (κ1) is 11.8. The molecule has 0 unspecified atom stereocenters. The lowest BCUT2D eigenvalue weighted by atomic mass is 10.4. The van der Waals surface area contributed by atoms with Gasteiger partial charge in [-0.25, -0.2) is 4.98 Å². The van der Waals surface area contributed by atoms with Gasteiger partial charge < -0.3 is 9.32 Å². The van der Waals surface area contributed by atoms with Gasteiger partial charge in [0.25, 0.3) is 5.91 Å². The molecule has 0 atom stereocenters. The molecule has 0 radical (unpaired) electrons. The zero-order chi connectivity index (χ0) is 12.4. The molecule has 90 valence electrons. The third-order valence-electron chi connectivity index (χ3n) is 2.16. The molecule has 0 spiro atoms. The van der Waals surface area contributed by atoms with Crippen molar-refractivity contribution >= 4 is 21.8 Å². The van der Waals surface area contributed by atoms with E-state index >= 15 is 0 Å². The molecule has 0 aliphatic carbocycles. The molecule has 17 heavy (non-hydrogen) atoms. The van der Waals surface area contributed by atoms with E-state index in [1.807, 2.05) is 0 Å². The predicted molar refractivity (Wildman–Crippen MR) is 63.3 cm³/mol. The number of hydrogen-bond donors (Lipinski definition) is 1. The highest BCUT2D eigenvalue weighted by Gasteiger charge is 2.17. The summed E-state index contributed by atoms with van der Waals surface area (Å²) in [6.45, 7) is 2.12. The summed E-state index contributed by atoms with van der Waals surface area (Å²) in [5.41, 5.74) is 0. The Labute approximate surface area is 106 Å². The number of amides is 1. The van der Waals surface area contributed by atoms with Gasteiger partial charge in [0.1, 0.15) is 11.6 Å². The molecular formula is C10H11BrN4O2. The lowest BCUT2D eigenvalue weighted by Crippen LogP contribution is -2.27. The zero-order valence-corrected chi connectivity index (χ0v) is 11.0. The topological polar surface area (TPSA) is 75.0 Å². The Hall–Kier alpha value is -1.63. The first-order valence-corrected chi connectivity index (χ1v) is 5.74. The molecule has 0 aliphatic rings. The van der Waals surface area contributed by atoms with Gasteiger partial charge in [0.05, 0.1) is 6.54 Å². The van der Waals surface area contributed by atoms with Crippen LogP contribution in [-0.4, -0.2) is 33.0 Å². The summed E-state index contributed by atoms with van der Waals surface area (Å²) in [5.74, 6) is 1.22. The van der Waals surface area contributed by atoms with E-state index in [0.717, 1.165) is 0 Å². The molecule has 1 amide bonds. The number of halogens is 1. The summed E-state index contributed by atoms with van der Waals surface area (Å²) in [4.78, 5) is 17.4. The van der Waals surface area contributed by atoms with Crippen molar-refractivity contribution in [3.8, 4) is 0 Å². The highest BCUT2D eigenvalue weighted by molar-refractivity contribution is 9.10. The second kappa shape index (κ2) is 4.70. The number of aryl methyl sites for hydroxylation is 1. The predicted octanol–water partition coefficient (Wildman–Crippen LogP) is 1.74. The van der Waals surface area contributed by atoms with Crippen molar-refractivity contribution in [2.75, 3.05) is 7.05 Å². The van der Waals surface area contributed by atoms with Crippen LogP contribution in [-0.2, 0) is 6.54 Å². The Morgan fingerprint density at radius 2 is 2.35 bits per heavy atom. The van der Waals surface area contributed by atoms with E-state index in [0.29, 0.717) is 22.8 Å². The average molecular weight is 299 g/mol. The van der Waals surface area contributed by atoms with Crippen LogP contribution in [0.3, 0.4) is 0 Å². The van der Waals surface area contributed by atoms with E-state index in [1.54, 1.807) is 26.1 Å². The second-order valence-electron chi connectivity index (χ2n) is 3.61. The Morgan fingerprint density at radius 3 is 2.88 bits per heavy atom. The van der Waals surface area contributed by atoms with E-state index in [9.17, 15) is 4.79 Å². The minimum Gasteiger partial charge on any atom is -0.452 e. The smallest absolute Gasteiger partial charge is 0.293 e. The molecule has 0 saturated carbocycles. The number of rotatable bonds is 3. The van der Waals surface area contributed by atoms with Crippen LogP contribution >= 0.6 is 15.9 Å². The third kappa shape index (κ3) is 2.73. The second-order valence-corrected chi connectivity index (χ2v) is 4.39. The van der Waals surface area contributed by atoms with Gasteiger partial charge in [0.15, 0.2) is 4.67 Å². The number of aromatic nitrogens is 3. The summed E-state index contributed by atoms with van der Waals surface area (Å²) in [7, 11) is 1.67. The van der Waals surface area contributed by atoms with E-state index in [1.165, 1.54) is 4.90 Å². The van der Waals surface area contributed by atoms with Crippen LogP contribution in [0.4, 0.5) is 0 Å².